The number of benzene rings is 1. The van der Waals surface area contributed by atoms with Crippen LogP contribution >= 0.6 is 36.7 Å². The Balaban J connectivity index is 0.00000256. The largest absolute Gasteiger partial charge is 0.340 e. The van der Waals surface area contributed by atoms with Crippen LogP contribution in [0.3, 0.4) is 0 Å². The number of carbonyl (C=O) groups is 1. The van der Waals surface area contributed by atoms with E-state index in [1.165, 1.54) is 6.07 Å². The zero-order chi connectivity index (χ0) is 20.5. The first kappa shape index (κ1) is 22.7. The minimum atomic E-state index is -0.560. The van der Waals surface area contributed by atoms with E-state index in [9.17, 15) is 9.18 Å². The predicted octanol–water partition coefficient (Wildman–Crippen LogP) is 4.53. The van der Waals surface area contributed by atoms with Gasteiger partial charge >= 0.3 is 0 Å². The fourth-order valence-electron chi connectivity index (χ4n) is 3.80. The van der Waals surface area contributed by atoms with Crippen LogP contribution in [-0.2, 0) is 11.3 Å². The van der Waals surface area contributed by atoms with Crippen LogP contribution in [-0.4, -0.2) is 44.9 Å². The summed E-state index contributed by atoms with van der Waals surface area (Å²) in [5.41, 5.74) is 1.91. The molecule has 0 bridgehead atoms. The first-order valence-corrected chi connectivity index (χ1v) is 10.1. The first-order chi connectivity index (χ1) is 13.9. The summed E-state index contributed by atoms with van der Waals surface area (Å²) in [6, 6.07) is 8.26. The van der Waals surface area contributed by atoms with E-state index in [0.717, 1.165) is 24.9 Å². The number of hydrogen-bond acceptors (Lipinski definition) is 4. The number of hydrogen-bond donors (Lipinski definition) is 1. The molecule has 1 aliphatic rings. The van der Waals surface area contributed by atoms with Gasteiger partial charge in [0.1, 0.15) is 0 Å². The molecule has 1 aliphatic heterocycles. The second kappa shape index (κ2) is 9.41. The van der Waals surface area contributed by atoms with Gasteiger partial charge in [-0.15, -0.1) is 0 Å². The number of aromatic nitrogens is 3. The molecule has 30 heavy (non-hydrogen) atoms. The van der Waals surface area contributed by atoms with Crippen molar-refractivity contribution in [1.82, 2.24) is 19.9 Å². The maximum absolute atomic E-state index is 13.4. The number of rotatable bonds is 4. The van der Waals surface area contributed by atoms with Crippen LogP contribution in [0.25, 0.3) is 11.2 Å². The number of halogens is 3. The van der Waals surface area contributed by atoms with Gasteiger partial charge in [-0.2, -0.15) is 27.9 Å². The van der Waals surface area contributed by atoms with Crippen LogP contribution in [0.4, 0.5) is 10.3 Å². The van der Waals surface area contributed by atoms with Crippen LogP contribution in [0.5, 0.6) is 0 Å². The molecule has 1 saturated heterocycles. The summed E-state index contributed by atoms with van der Waals surface area (Å²) in [6.45, 7) is 3.42. The molecular formula is C20H22Cl2FN5OS. The van der Waals surface area contributed by atoms with Crippen molar-refractivity contribution in [2.75, 3.05) is 18.0 Å². The van der Waals surface area contributed by atoms with Gasteiger partial charge < -0.3 is 14.8 Å². The Hall–Kier alpha value is -2.03. The molecule has 1 atom stereocenters. The fraction of sp³-hybridized carbons (Fsp3) is 0.350. The zero-order valence-corrected chi connectivity index (χ0v) is 18.8. The van der Waals surface area contributed by atoms with Crippen molar-refractivity contribution in [1.29, 1.82) is 0 Å². The second-order valence-electron chi connectivity index (χ2n) is 7.23. The number of carbonyl (C=O) groups excluding carboxylic acids is 1. The Morgan fingerprint density at radius 3 is 2.70 bits per heavy atom. The third kappa shape index (κ3) is 4.99. The quantitative estimate of drug-likeness (QED) is 0.569. The Morgan fingerprint density at radius 1 is 1.27 bits per heavy atom. The maximum atomic E-state index is 13.4. The molecule has 0 spiro atoms. The van der Waals surface area contributed by atoms with Gasteiger partial charge in [-0.25, -0.2) is 0 Å². The molecule has 1 N–H and O–H groups in total. The maximum Gasteiger partial charge on any atom is 0.220 e. The van der Waals surface area contributed by atoms with Crippen molar-refractivity contribution in [3.05, 3.63) is 51.9 Å². The molecule has 160 valence electrons. The summed E-state index contributed by atoms with van der Waals surface area (Å²) in [5.74, 6) is 0.0633. The van der Waals surface area contributed by atoms with Gasteiger partial charge in [0.25, 0.3) is 0 Å². The van der Waals surface area contributed by atoms with Crippen LogP contribution in [0.15, 0.2) is 30.3 Å². The first-order valence-electron chi connectivity index (χ1n) is 9.38. The number of aromatic amines is 1. The number of fused-ring (bicyclic) bond motifs is 1. The Kier molecular flexibility index (Phi) is 7.10. The summed E-state index contributed by atoms with van der Waals surface area (Å²) >= 11 is 12.2. The number of imidazole rings is 1. The minimum absolute atomic E-state index is 0. The number of nitrogens with zero attached hydrogens (tertiary/aromatic N) is 4. The van der Waals surface area contributed by atoms with Crippen molar-refractivity contribution >= 4 is 59.7 Å². The van der Waals surface area contributed by atoms with Crippen molar-refractivity contribution in [2.24, 2.45) is 0 Å². The van der Waals surface area contributed by atoms with E-state index in [0.29, 0.717) is 40.2 Å². The van der Waals surface area contributed by atoms with Gasteiger partial charge in [0.05, 0.1) is 5.52 Å². The number of amides is 1. The lowest BCUT2D eigenvalue weighted by Crippen LogP contribution is -2.49. The van der Waals surface area contributed by atoms with Crippen LogP contribution < -0.4 is 4.90 Å². The highest BCUT2D eigenvalue weighted by Gasteiger charge is 2.28. The van der Waals surface area contributed by atoms with Gasteiger partial charge in [-0.3, -0.25) is 4.79 Å². The lowest BCUT2D eigenvalue weighted by Gasteiger charge is -2.39. The number of nitrogens with one attached hydrogen (secondary N) is 1. The van der Waals surface area contributed by atoms with Gasteiger partial charge in [0.15, 0.2) is 5.65 Å². The topological polar surface area (TPSA) is 65.1 Å². The molecular weight excluding hydrogens is 448 g/mol. The monoisotopic (exact) mass is 469 g/mol. The summed E-state index contributed by atoms with van der Waals surface area (Å²) < 4.78 is 13.4. The summed E-state index contributed by atoms with van der Waals surface area (Å²) in [4.78, 5) is 27.8. The van der Waals surface area contributed by atoms with Gasteiger partial charge in [0.2, 0.25) is 17.8 Å². The average molecular weight is 470 g/mol. The normalized spacial score (nSPS) is 16.4. The standard InChI is InChI=1S/C20H20Cl2FN5O.H2S/c1-12(29)28(10-13-7-14(21)9-15(22)8-13)16-3-2-6-27(11-16)20-24-17-4-5-18(23)25-19(17)26-20;/h4-5,7-9,16H,2-3,6,10-11H2,1H3,(H,24,25,26);1H2/t16-;/m0./s1. The molecule has 4 rings (SSSR count). The van der Waals surface area contributed by atoms with Gasteiger partial charge in [-0.05, 0) is 48.7 Å². The molecule has 3 heterocycles. The van der Waals surface area contributed by atoms with E-state index in [1.54, 1.807) is 19.1 Å². The molecule has 6 nitrogen and oxygen atoms in total. The number of piperidine rings is 1. The Morgan fingerprint density at radius 2 is 2.00 bits per heavy atom. The SMILES string of the molecule is CC(=O)N(Cc1cc(Cl)cc(Cl)c1)[C@H]1CCCN(c2nc3nc(F)ccc3[nH]2)C1.S. The average Bonchev–Trinajstić information content (AvgIpc) is 3.08. The number of anilines is 1. The summed E-state index contributed by atoms with van der Waals surface area (Å²) in [5, 5.41) is 1.09. The van der Waals surface area contributed by atoms with E-state index < -0.39 is 5.95 Å². The van der Waals surface area contributed by atoms with Crippen molar-refractivity contribution in [3.63, 3.8) is 0 Å². The highest BCUT2D eigenvalue weighted by molar-refractivity contribution is 7.59. The van der Waals surface area contributed by atoms with Gasteiger partial charge in [-0.1, -0.05) is 23.2 Å². The predicted molar refractivity (Wildman–Crippen MR) is 122 cm³/mol. The molecule has 0 aliphatic carbocycles. The zero-order valence-electron chi connectivity index (χ0n) is 16.3. The van der Waals surface area contributed by atoms with Crippen LogP contribution in [0, 0.1) is 5.95 Å². The highest BCUT2D eigenvalue weighted by Crippen LogP contribution is 2.25. The molecule has 0 saturated carbocycles. The Bertz CT molecular complexity index is 1040. The molecule has 1 fully saturated rings. The summed E-state index contributed by atoms with van der Waals surface area (Å²) in [7, 11) is 0. The molecule has 2 aromatic heterocycles. The van der Waals surface area contributed by atoms with E-state index in [-0.39, 0.29) is 25.4 Å². The molecule has 0 radical (unpaired) electrons. The number of pyridine rings is 1. The minimum Gasteiger partial charge on any atom is -0.340 e. The van der Waals surface area contributed by atoms with E-state index >= 15 is 0 Å². The lowest BCUT2D eigenvalue weighted by molar-refractivity contribution is -0.132. The Labute approximate surface area is 190 Å². The highest BCUT2D eigenvalue weighted by atomic mass is 35.5. The molecule has 0 unspecified atom stereocenters. The van der Waals surface area contributed by atoms with E-state index in [4.69, 9.17) is 23.2 Å². The molecule has 1 amide bonds. The van der Waals surface area contributed by atoms with E-state index in [2.05, 4.69) is 19.9 Å². The fourth-order valence-corrected chi connectivity index (χ4v) is 4.38. The van der Waals surface area contributed by atoms with E-state index in [1.807, 2.05) is 17.0 Å². The molecule has 3 aromatic rings. The van der Waals surface area contributed by atoms with Gasteiger partial charge in [0, 0.05) is 42.6 Å². The lowest BCUT2D eigenvalue weighted by atomic mass is 10.0. The molecule has 10 heteroatoms. The van der Waals surface area contributed by atoms with Crippen molar-refractivity contribution in [3.8, 4) is 0 Å². The van der Waals surface area contributed by atoms with Crippen LogP contribution in [0.1, 0.15) is 25.3 Å². The van der Waals surface area contributed by atoms with Crippen LogP contribution in [0.2, 0.25) is 10.0 Å². The molecule has 1 aromatic carbocycles. The number of H-pyrrole nitrogens is 1. The smallest absolute Gasteiger partial charge is 0.220 e. The van der Waals surface area contributed by atoms with Crippen molar-refractivity contribution < 1.29 is 9.18 Å². The van der Waals surface area contributed by atoms with Crippen molar-refractivity contribution in [2.45, 2.75) is 32.4 Å². The second-order valence-corrected chi connectivity index (χ2v) is 8.11. The summed E-state index contributed by atoms with van der Waals surface area (Å²) in [6.07, 6.45) is 1.79. The third-order valence-corrected chi connectivity index (χ3v) is 5.55. The third-order valence-electron chi connectivity index (χ3n) is 5.12.